The summed E-state index contributed by atoms with van der Waals surface area (Å²) in [4.78, 5) is 13.9. The van der Waals surface area contributed by atoms with Crippen LogP contribution in [0.4, 0.5) is 5.69 Å². The molecule has 0 bridgehead atoms. The minimum atomic E-state index is -0.0468. The Morgan fingerprint density at radius 1 is 1.33 bits per heavy atom. The van der Waals surface area contributed by atoms with E-state index < -0.39 is 0 Å². The molecule has 0 saturated carbocycles. The number of benzene rings is 1. The Morgan fingerprint density at radius 3 is 2.72 bits per heavy atom. The molecule has 4 nitrogen and oxygen atoms in total. The van der Waals surface area contributed by atoms with Crippen molar-refractivity contribution in [2.24, 2.45) is 0 Å². The van der Waals surface area contributed by atoms with Gasteiger partial charge in [-0.25, -0.2) is 0 Å². The standard InChI is InChI=1S/C14H16N2O2/c1-2-16(14(17)12-7-8-18-10-12)9-11-5-3-4-6-13(11)15/h3-8,10H,2,9,15H2,1H3. The van der Waals surface area contributed by atoms with Gasteiger partial charge in [-0.3, -0.25) is 4.79 Å². The van der Waals surface area contributed by atoms with Gasteiger partial charge in [-0.2, -0.15) is 0 Å². The summed E-state index contributed by atoms with van der Waals surface area (Å²) < 4.78 is 4.93. The smallest absolute Gasteiger partial charge is 0.257 e. The zero-order chi connectivity index (χ0) is 13.0. The van der Waals surface area contributed by atoms with Crippen LogP contribution >= 0.6 is 0 Å². The first-order valence-corrected chi connectivity index (χ1v) is 5.87. The topological polar surface area (TPSA) is 59.5 Å². The molecule has 0 spiro atoms. The number of hydrogen-bond acceptors (Lipinski definition) is 3. The Hall–Kier alpha value is -2.23. The van der Waals surface area contributed by atoms with Gasteiger partial charge in [0.2, 0.25) is 0 Å². The SMILES string of the molecule is CCN(Cc1ccccc1N)C(=O)c1ccoc1. The molecule has 18 heavy (non-hydrogen) atoms. The van der Waals surface area contributed by atoms with Gasteiger partial charge in [-0.15, -0.1) is 0 Å². The van der Waals surface area contributed by atoms with Crippen molar-refractivity contribution in [1.29, 1.82) is 0 Å². The quantitative estimate of drug-likeness (QED) is 0.841. The van der Waals surface area contributed by atoms with Crippen LogP contribution in [0.5, 0.6) is 0 Å². The largest absolute Gasteiger partial charge is 0.472 e. The second-order valence-electron chi connectivity index (χ2n) is 4.03. The van der Waals surface area contributed by atoms with Crippen LogP contribution in [0.25, 0.3) is 0 Å². The van der Waals surface area contributed by atoms with Crippen LogP contribution in [-0.4, -0.2) is 17.4 Å². The van der Waals surface area contributed by atoms with Crippen molar-refractivity contribution >= 4 is 11.6 Å². The summed E-state index contributed by atoms with van der Waals surface area (Å²) >= 11 is 0. The summed E-state index contributed by atoms with van der Waals surface area (Å²) in [5.41, 5.74) is 8.11. The summed E-state index contributed by atoms with van der Waals surface area (Å²) in [5.74, 6) is -0.0468. The molecule has 0 aliphatic heterocycles. The number of nitrogens with zero attached hydrogens (tertiary/aromatic N) is 1. The molecule has 1 aromatic heterocycles. The lowest BCUT2D eigenvalue weighted by molar-refractivity contribution is 0.0752. The van der Waals surface area contributed by atoms with E-state index >= 15 is 0 Å². The molecule has 0 aliphatic rings. The fourth-order valence-electron chi connectivity index (χ4n) is 1.78. The molecule has 0 unspecified atom stereocenters. The van der Waals surface area contributed by atoms with Crippen LogP contribution in [-0.2, 0) is 6.54 Å². The van der Waals surface area contributed by atoms with Gasteiger partial charge in [0.15, 0.2) is 0 Å². The molecule has 1 heterocycles. The number of anilines is 1. The number of nitrogens with two attached hydrogens (primary N) is 1. The Balaban J connectivity index is 2.15. The summed E-state index contributed by atoms with van der Waals surface area (Å²) in [6, 6.07) is 9.24. The zero-order valence-electron chi connectivity index (χ0n) is 10.3. The molecule has 2 rings (SSSR count). The van der Waals surface area contributed by atoms with E-state index in [1.165, 1.54) is 12.5 Å². The average Bonchev–Trinajstić information content (AvgIpc) is 2.91. The van der Waals surface area contributed by atoms with Crippen molar-refractivity contribution < 1.29 is 9.21 Å². The van der Waals surface area contributed by atoms with E-state index in [0.717, 1.165) is 5.56 Å². The highest BCUT2D eigenvalue weighted by atomic mass is 16.3. The Bertz CT molecular complexity index is 520. The van der Waals surface area contributed by atoms with Crippen molar-refractivity contribution in [1.82, 2.24) is 4.90 Å². The van der Waals surface area contributed by atoms with Gasteiger partial charge in [0.25, 0.3) is 5.91 Å². The minimum Gasteiger partial charge on any atom is -0.472 e. The van der Waals surface area contributed by atoms with Crippen LogP contribution in [0.3, 0.4) is 0 Å². The van der Waals surface area contributed by atoms with E-state index in [4.69, 9.17) is 10.2 Å². The summed E-state index contributed by atoms with van der Waals surface area (Å²) in [5, 5.41) is 0. The predicted octanol–water partition coefficient (Wildman–Crippen LogP) is 2.52. The third kappa shape index (κ3) is 2.53. The van der Waals surface area contributed by atoms with Crippen LogP contribution in [0.1, 0.15) is 22.8 Å². The lowest BCUT2D eigenvalue weighted by atomic mass is 10.1. The summed E-state index contributed by atoms with van der Waals surface area (Å²) in [6.07, 6.45) is 2.96. The van der Waals surface area contributed by atoms with Gasteiger partial charge in [-0.05, 0) is 24.6 Å². The second-order valence-corrected chi connectivity index (χ2v) is 4.03. The van der Waals surface area contributed by atoms with Crippen molar-refractivity contribution in [3.8, 4) is 0 Å². The summed E-state index contributed by atoms with van der Waals surface area (Å²) in [6.45, 7) is 3.07. The van der Waals surface area contributed by atoms with Gasteiger partial charge >= 0.3 is 0 Å². The van der Waals surface area contributed by atoms with Crippen LogP contribution in [0.2, 0.25) is 0 Å². The van der Waals surface area contributed by atoms with Gasteiger partial charge in [0.1, 0.15) is 6.26 Å². The molecule has 0 saturated heterocycles. The first-order valence-electron chi connectivity index (χ1n) is 5.87. The van der Waals surface area contributed by atoms with E-state index in [2.05, 4.69) is 0 Å². The number of hydrogen-bond donors (Lipinski definition) is 1. The molecule has 0 radical (unpaired) electrons. The highest BCUT2D eigenvalue weighted by Gasteiger charge is 2.16. The molecule has 0 atom stereocenters. The molecular weight excluding hydrogens is 228 g/mol. The van der Waals surface area contributed by atoms with Crippen LogP contribution in [0.15, 0.2) is 47.3 Å². The van der Waals surface area contributed by atoms with Crippen molar-refractivity contribution in [3.63, 3.8) is 0 Å². The first-order chi connectivity index (χ1) is 8.72. The van der Waals surface area contributed by atoms with Crippen molar-refractivity contribution in [2.75, 3.05) is 12.3 Å². The second kappa shape index (κ2) is 5.40. The Kier molecular flexibility index (Phi) is 3.67. The van der Waals surface area contributed by atoms with Gasteiger partial charge in [-0.1, -0.05) is 18.2 Å². The van der Waals surface area contributed by atoms with E-state index in [1.807, 2.05) is 31.2 Å². The molecular formula is C14H16N2O2. The summed E-state index contributed by atoms with van der Waals surface area (Å²) in [7, 11) is 0. The third-order valence-electron chi connectivity index (χ3n) is 2.85. The van der Waals surface area contributed by atoms with E-state index in [1.54, 1.807) is 11.0 Å². The lowest BCUT2D eigenvalue weighted by Crippen LogP contribution is -2.30. The number of carbonyl (C=O) groups excluding carboxylic acids is 1. The van der Waals surface area contributed by atoms with E-state index in [-0.39, 0.29) is 5.91 Å². The molecule has 0 aliphatic carbocycles. The highest BCUT2D eigenvalue weighted by molar-refractivity contribution is 5.93. The maximum Gasteiger partial charge on any atom is 0.257 e. The molecule has 1 aromatic carbocycles. The van der Waals surface area contributed by atoms with Crippen molar-refractivity contribution in [2.45, 2.75) is 13.5 Å². The van der Waals surface area contributed by atoms with Gasteiger partial charge in [0.05, 0.1) is 11.8 Å². The Labute approximate surface area is 106 Å². The van der Waals surface area contributed by atoms with Crippen LogP contribution < -0.4 is 5.73 Å². The molecule has 2 aromatic rings. The number of rotatable bonds is 4. The average molecular weight is 244 g/mol. The highest BCUT2D eigenvalue weighted by Crippen LogP contribution is 2.15. The number of para-hydroxylation sites is 1. The number of nitrogen functional groups attached to an aromatic ring is 1. The van der Waals surface area contributed by atoms with Crippen molar-refractivity contribution in [3.05, 3.63) is 54.0 Å². The normalized spacial score (nSPS) is 10.3. The van der Waals surface area contributed by atoms with Gasteiger partial charge < -0.3 is 15.1 Å². The third-order valence-corrected chi connectivity index (χ3v) is 2.85. The number of furan rings is 1. The fraction of sp³-hybridized carbons (Fsp3) is 0.214. The number of amides is 1. The zero-order valence-corrected chi connectivity index (χ0v) is 10.3. The lowest BCUT2D eigenvalue weighted by Gasteiger charge is -2.21. The van der Waals surface area contributed by atoms with E-state index in [0.29, 0.717) is 24.3 Å². The maximum absolute atomic E-state index is 12.2. The predicted molar refractivity (Wildman–Crippen MR) is 70.0 cm³/mol. The molecule has 4 heteroatoms. The minimum absolute atomic E-state index is 0.0468. The number of carbonyl (C=O) groups is 1. The Morgan fingerprint density at radius 2 is 2.11 bits per heavy atom. The fourth-order valence-corrected chi connectivity index (χ4v) is 1.78. The first kappa shape index (κ1) is 12.2. The molecule has 94 valence electrons. The molecule has 2 N–H and O–H groups in total. The molecule has 1 amide bonds. The maximum atomic E-state index is 12.2. The molecule has 0 fully saturated rings. The van der Waals surface area contributed by atoms with Crippen LogP contribution in [0, 0.1) is 0 Å². The van der Waals surface area contributed by atoms with E-state index in [9.17, 15) is 4.79 Å². The van der Waals surface area contributed by atoms with Gasteiger partial charge in [0, 0.05) is 18.8 Å². The monoisotopic (exact) mass is 244 g/mol.